The number of piperazine rings is 1. The van der Waals surface area contributed by atoms with E-state index in [0.717, 1.165) is 26.2 Å². The normalized spacial score (nSPS) is 21.1. The van der Waals surface area contributed by atoms with Crippen LogP contribution in [-0.2, 0) is 0 Å². The Morgan fingerprint density at radius 1 is 1.35 bits per heavy atom. The Balaban J connectivity index is 1.98. The fourth-order valence-electron chi connectivity index (χ4n) is 2.69. The minimum absolute atomic E-state index is 0.0591. The van der Waals surface area contributed by atoms with Gasteiger partial charge in [-0.2, -0.15) is 0 Å². The molecule has 1 fully saturated rings. The van der Waals surface area contributed by atoms with Crippen LogP contribution in [0.2, 0.25) is 10.0 Å². The van der Waals surface area contributed by atoms with Gasteiger partial charge in [0, 0.05) is 36.3 Å². The van der Waals surface area contributed by atoms with E-state index < -0.39 is 0 Å². The molecule has 110 valence electrons. The lowest BCUT2D eigenvalue weighted by Gasteiger charge is -2.39. The fourth-order valence-corrected chi connectivity index (χ4v) is 3.20. The Hall–Kier alpha value is -0.610. The summed E-state index contributed by atoms with van der Waals surface area (Å²) in [6.45, 7) is 8.72. The van der Waals surface area contributed by atoms with Gasteiger partial charge in [0.2, 0.25) is 0 Å². The quantitative estimate of drug-likeness (QED) is 0.797. The van der Waals surface area contributed by atoms with Crippen molar-refractivity contribution in [2.45, 2.75) is 19.9 Å². The van der Waals surface area contributed by atoms with Crippen molar-refractivity contribution in [2.24, 2.45) is 0 Å². The molecule has 5 heteroatoms. The predicted molar refractivity (Wildman–Crippen MR) is 83.9 cm³/mol. The SMILES string of the molecule is CCN1CCN(CC(=O)c2ccc(Cl)cc2Cl)CC1C. The second kappa shape index (κ2) is 6.90. The number of carbonyl (C=O) groups excluding carboxylic acids is 1. The van der Waals surface area contributed by atoms with Crippen molar-refractivity contribution in [3.05, 3.63) is 33.8 Å². The average molecular weight is 315 g/mol. The van der Waals surface area contributed by atoms with Crippen molar-refractivity contribution < 1.29 is 4.79 Å². The van der Waals surface area contributed by atoms with E-state index in [-0.39, 0.29) is 5.78 Å². The van der Waals surface area contributed by atoms with Gasteiger partial charge in [-0.3, -0.25) is 14.6 Å². The molecule has 0 bridgehead atoms. The molecule has 1 aromatic carbocycles. The highest BCUT2D eigenvalue weighted by Crippen LogP contribution is 2.22. The summed E-state index contributed by atoms with van der Waals surface area (Å²) in [6, 6.07) is 5.52. The number of ketones is 1. The van der Waals surface area contributed by atoms with Crippen LogP contribution >= 0.6 is 23.2 Å². The van der Waals surface area contributed by atoms with Crippen LogP contribution in [0.3, 0.4) is 0 Å². The molecule has 1 saturated heterocycles. The molecule has 1 heterocycles. The molecule has 0 spiro atoms. The maximum absolute atomic E-state index is 12.3. The van der Waals surface area contributed by atoms with Gasteiger partial charge in [-0.15, -0.1) is 0 Å². The number of halogens is 2. The third-order valence-corrected chi connectivity index (χ3v) is 4.40. The Kier molecular flexibility index (Phi) is 5.44. The highest BCUT2D eigenvalue weighted by atomic mass is 35.5. The number of rotatable bonds is 4. The van der Waals surface area contributed by atoms with E-state index in [4.69, 9.17) is 23.2 Å². The lowest BCUT2D eigenvalue weighted by molar-refractivity contribution is 0.0723. The number of carbonyl (C=O) groups is 1. The third kappa shape index (κ3) is 3.73. The second-order valence-corrected chi connectivity index (χ2v) is 6.10. The number of nitrogens with zero attached hydrogens (tertiary/aromatic N) is 2. The first-order valence-corrected chi connectivity index (χ1v) is 7.71. The average Bonchev–Trinajstić information content (AvgIpc) is 2.38. The summed E-state index contributed by atoms with van der Waals surface area (Å²) >= 11 is 11.9. The van der Waals surface area contributed by atoms with E-state index in [1.807, 2.05) is 0 Å². The molecule has 0 saturated carbocycles. The Bertz CT molecular complexity index is 493. The fraction of sp³-hybridized carbons (Fsp3) is 0.533. The summed E-state index contributed by atoms with van der Waals surface area (Å²) in [5.74, 6) is 0.0591. The summed E-state index contributed by atoms with van der Waals surface area (Å²) in [4.78, 5) is 16.9. The summed E-state index contributed by atoms with van der Waals surface area (Å²) in [6.07, 6.45) is 0. The van der Waals surface area contributed by atoms with Crippen molar-refractivity contribution >= 4 is 29.0 Å². The number of Topliss-reactive ketones (excluding diaryl/α,β-unsaturated/α-hetero) is 1. The lowest BCUT2D eigenvalue weighted by atomic mass is 10.1. The van der Waals surface area contributed by atoms with Gasteiger partial charge in [0.1, 0.15) is 0 Å². The number of likely N-dealkylation sites (N-methyl/N-ethyl adjacent to an activating group) is 1. The zero-order chi connectivity index (χ0) is 14.7. The summed E-state index contributed by atoms with van der Waals surface area (Å²) in [5.41, 5.74) is 0.557. The van der Waals surface area contributed by atoms with Crippen LogP contribution in [-0.4, -0.2) is 54.3 Å². The maximum atomic E-state index is 12.3. The van der Waals surface area contributed by atoms with Crippen molar-refractivity contribution in [2.75, 3.05) is 32.7 Å². The first kappa shape index (κ1) is 15.8. The van der Waals surface area contributed by atoms with Gasteiger partial charge in [0.25, 0.3) is 0 Å². The van der Waals surface area contributed by atoms with Crippen LogP contribution in [0.25, 0.3) is 0 Å². The van der Waals surface area contributed by atoms with Crippen molar-refractivity contribution in [3.8, 4) is 0 Å². The molecule has 0 aromatic heterocycles. The molecule has 1 aliphatic rings. The van der Waals surface area contributed by atoms with Crippen LogP contribution in [0.1, 0.15) is 24.2 Å². The Labute approximate surface area is 130 Å². The van der Waals surface area contributed by atoms with Crippen LogP contribution in [0.15, 0.2) is 18.2 Å². The van der Waals surface area contributed by atoms with Crippen LogP contribution < -0.4 is 0 Å². The van der Waals surface area contributed by atoms with E-state index in [0.29, 0.717) is 28.2 Å². The van der Waals surface area contributed by atoms with Crippen LogP contribution in [0.4, 0.5) is 0 Å². The van der Waals surface area contributed by atoms with E-state index >= 15 is 0 Å². The summed E-state index contributed by atoms with van der Waals surface area (Å²) in [7, 11) is 0. The maximum Gasteiger partial charge on any atom is 0.178 e. The molecule has 1 unspecified atom stereocenters. The van der Waals surface area contributed by atoms with Gasteiger partial charge in [-0.1, -0.05) is 30.1 Å². The van der Waals surface area contributed by atoms with Gasteiger partial charge in [0.15, 0.2) is 5.78 Å². The lowest BCUT2D eigenvalue weighted by Crippen LogP contribution is -2.52. The molecule has 0 amide bonds. The smallest absolute Gasteiger partial charge is 0.178 e. The molecule has 2 rings (SSSR count). The molecule has 1 aliphatic heterocycles. The molecule has 0 radical (unpaired) electrons. The highest BCUT2D eigenvalue weighted by Gasteiger charge is 2.24. The minimum atomic E-state index is 0.0591. The first-order chi connectivity index (χ1) is 9.51. The molecule has 0 N–H and O–H groups in total. The number of benzene rings is 1. The highest BCUT2D eigenvalue weighted by molar-refractivity contribution is 6.36. The summed E-state index contributed by atoms with van der Waals surface area (Å²) < 4.78 is 0. The zero-order valence-electron chi connectivity index (χ0n) is 11.9. The van der Waals surface area contributed by atoms with Gasteiger partial charge >= 0.3 is 0 Å². The number of hydrogen-bond acceptors (Lipinski definition) is 3. The van der Waals surface area contributed by atoms with Crippen LogP contribution in [0, 0.1) is 0 Å². The van der Waals surface area contributed by atoms with E-state index in [1.54, 1.807) is 18.2 Å². The van der Waals surface area contributed by atoms with Gasteiger partial charge in [-0.05, 0) is 31.7 Å². The monoisotopic (exact) mass is 314 g/mol. The molecule has 0 aliphatic carbocycles. The topological polar surface area (TPSA) is 23.6 Å². The van der Waals surface area contributed by atoms with E-state index in [1.165, 1.54) is 0 Å². The number of hydrogen-bond donors (Lipinski definition) is 0. The third-order valence-electron chi connectivity index (χ3n) is 3.85. The first-order valence-electron chi connectivity index (χ1n) is 6.96. The van der Waals surface area contributed by atoms with Crippen LogP contribution in [0.5, 0.6) is 0 Å². The largest absolute Gasteiger partial charge is 0.298 e. The Morgan fingerprint density at radius 2 is 2.10 bits per heavy atom. The van der Waals surface area contributed by atoms with E-state index in [9.17, 15) is 4.79 Å². The zero-order valence-corrected chi connectivity index (χ0v) is 13.4. The van der Waals surface area contributed by atoms with E-state index in [2.05, 4.69) is 23.6 Å². The van der Waals surface area contributed by atoms with Crippen molar-refractivity contribution in [1.29, 1.82) is 0 Å². The van der Waals surface area contributed by atoms with Crippen molar-refractivity contribution in [1.82, 2.24) is 9.80 Å². The molecular formula is C15H20Cl2N2O. The van der Waals surface area contributed by atoms with Gasteiger partial charge in [-0.25, -0.2) is 0 Å². The Morgan fingerprint density at radius 3 is 2.70 bits per heavy atom. The molecule has 1 atom stereocenters. The second-order valence-electron chi connectivity index (χ2n) is 5.26. The molecule has 20 heavy (non-hydrogen) atoms. The molecule has 1 aromatic rings. The van der Waals surface area contributed by atoms with Gasteiger partial charge in [0.05, 0.1) is 11.6 Å². The minimum Gasteiger partial charge on any atom is -0.298 e. The van der Waals surface area contributed by atoms with Gasteiger partial charge < -0.3 is 0 Å². The summed E-state index contributed by atoms with van der Waals surface area (Å²) in [5, 5.41) is 0.986. The molecule has 3 nitrogen and oxygen atoms in total. The predicted octanol–water partition coefficient (Wildman–Crippen LogP) is 3.20. The standard InChI is InChI=1S/C15H20Cl2N2O/c1-3-19-7-6-18(9-11(19)2)10-15(20)13-5-4-12(16)8-14(13)17/h4-5,8,11H,3,6-7,9-10H2,1-2H3. The van der Waals surface area contributed by atoms with Crippen molar-refractivity contribution in [3.63, 3.8) is 0 Å². The molecular weight excluding hydrogens is 295 g/mol.